The molecule has 2 atom stereocenters. The second kappa shape index (κ2) is 7.37. The Balaban J connectivity index is 1.54. The minimum atomic E-state index is 0.0167. The number of hydrogen-bond acceptors (Lipinski definition) is 6. The van der Waals surface area contributed by atoms with Crippen molar-refractivity contribution in [3.8, 4) is 0 Å². The van der Waals surface area contributed by atoms with Crippen molar-refractivity contribution in [1.82, 2.24) is 9.91 Å². The zero-order chi connectivity index (χ0) is 17.2. The number of carbonyl (C=O) groups is 1. The lowest BCUT2D eigenvalue weighted by Crippen LogP contribution is -2.46. The summed E-state index contributed by atoms with van der Waals surface area (Å²) >= 11 is 3.37. The van der Waals surface area contributed by atoms with Gasteiger partial charge >= 0.3 is 0 Å². The minimum Gasteiger partial charge on any atom is -0.376 e. The smallest absolute Gasteiger partial charge is 0.257 e. The first-order valence-electron chi connectivity index (χ1n) is 8.51. The van der Waals surface area contributed by atoms with Crippen LogP contribution >= 0.6 is 22.7 Å². The highest BCUT2D eigenvalue weighted by Gasteiger charge is 2.35. The first-order valence-corrected chi connectivity index (χ1v) is 10.3. The summed E-state index contributed by atoms with van der Waals surface area (Å²) in [7, 11) is 0. The van der Waals surface area contributed by atoms with Crippen LogP contribution in [0.3, 0.4) is 0 Å². The average molecular weight is 376 g/mol. The Morgan fingerprint density at radius 1 is 1.32 bits per heavy atom. The number of rotatable bonds is 4. The van der Waals surface area contributed by atoms with E-state index in [2.05, 4.69) is 27.8 Å². The van der Waals surface area contributed by atoms with Crippen LogP contribution in [0.4, 0.5) is 0 Å². The fourth-order valence-corrected chi connectivity index (χ4v) is 4.87. The number of morpholine rings is 1. The molecule has 1 fully saturated rings. The Morgan fingerprint density at radius 2 is 2.16 bits per heavy atom. The van der Waals surface area contributed by atoms with Crippen LogP contribution in [0.25, 0.3) is 0 Å². The summed E-state index contributed by atoms with van der Waals surface area (Å²) in [5.74, 6) is 0.0686. The van der Waals surface area contributed by atoms with Gasteiger partial charge in [0, 0.05) is 24.4 Å². The van der Waals surface area contributed by atoms with E-state index < -0.39 is 0 Å². The van der Waals surface area contributed by atoms with Crippen molar-refractivity contribution in [2.45, 2.75) is 25.5 Å². The molecule has 25 heavy (non-hydrogen) atoms. The van der Waals surface area contributed by atoms with Crippen LogP contribution in [0.2, 0.25) is 0 Å². The van der Waals surface area contributed by atoms with Crippen LogP contribution in [0.1, 0.15) is 29.1 Å². The molecule has 0 aromatic carbocycles. The summed E-state index contributed by atoms with van der Waals surface area (Å²) in [6.07, 6.45) is 0.963. The SMILES string of the molecule is CC1CN(CC(=O)N2N=C(c3cccs3)CC2c2cccs2)CCO1. The normalized spacial score (nSPS) is 24.5. The maximum Gasteiger partial charge on any atom is 0.257 e. The van der Waals surface area contributed by atoms with Crippen LogP contribution in [0, 0.1) is 0 Å². The third-order valence-corrected chi connectivity index (χ3v) is 6.42. The molecule has 2 aromatic rings. The van der Waals surface area contributed by atoms with Crippen molar-refractivity contribution < 1.29 is 9.53 Å². The second-order valence-electron chi connectivity index (χ2n) is 6.41. The molecule has 1 amide bonds. The van der Waals surface area contributed by atoms with Gasteiger partial charge in [-0.15, -0.1) is 22.7 Å². The zero-order valence-corrected chi connectivity index (χ0v) is 15.8. The lowest BCUT2D eigenvalue weighted by molar-refractivity contribution is -0.136. The molecule has 2 aliphatic rings. The lowest BCUT2D eigenvalue weighted by Gasteiger charge is -2.32. The molecule has 0 aliphatic carbocycles. The van der Waals surface area contributed by atoms with E-state index >= 15 is 0 Å². The van der Waals surface area contributed by atoms with Gasteiger partial charge in [0.25, 0.3) is 5.91 Å². The maximum absolute atomic E-state index is 13.0. The van der Waals surface area contributed by atoms with Crippen LogP contribution in [-0.4, -0.2) is 53.9 Å². The standard InChI is InChI=1S/C18H21N3O2S2/c1-13-11-20(6-7-23-13)12-18(22)21-15(17-5-3-9-25-17)10-14(19-21)16-4-2-8-24-16/h2-5,8-9,13,15H,6-7,10-12H2,1H3. The summed E-state index contributed by atoms with van der Waals surface area (Å²) in [5.41, 5.74) is 1.01. The van der Waals surface area contributed by atoms with Gasteiger partial charge in [-0.2, -0.15) is 5.10 Å². The van der Waals surface area contributed by atoms with E-state index in [0.29, 0.717) is 13.2 Å². The number of hydrazone groups is 1. The fourth-order valence-electron chi connectivity index (χ4n) is 3.33. The van der Waals surface area contributed by atoms with Gasteiger partial charge < -0.3 is 4.74 Å². The molecule has 4 rings (SSSR count). The third-order valence-electron chi connectivity index (χ3n) is 4.53. The molecule has 2 aliphatic heterocycles. The number of nitrogens with zero attached hydrogens (tertiary/aromatic N) is 3. The molecule has 0 bridgehead atoms. The molecule has 4 heterocycles. The Bertz CT molecular complexity index is 742. The van der Waals surface area contributed by atoms with Crippen molar-refractivity contribution >= 4 is 34.3 Å². The van der Waals surface area contributed by atoms with Crippen LogP contribution < -0.4 is 0 Å². The number of thiophene rings is 2. The summed E-state index contributed by atoms with van der Waals surface area (Å²) in [6, 6.07) is 8.26. The van der Waals surface area contributed by atoms with Gasteiger partial charge in [-0.25, -0.2) is 5.01 Å². The highest BCUT2D eigenvalue weighted by Crippen LogP contribution is 2.36. The summed E-state index contributed by atoms with van der Waals surface area (Å²) < 4.78 is 5.57. The largest absolute Gasteiger partial charge is 0.376 e. The highest BCUT2D eigenvalue weighted by molar-refractivity contribution is 7.12. The zero-order valence-electron chi connectivity index (χ0n) is 14.1. The number of hydrogen-bond donors (Lipinski definition) is 0. The van der Waals surface area contributed by atoms with E-state index in [0.717, 1.165) is 30.1 Å². The predicted molar refractivity (Wildman–Crippen MR) is 101 cm³/mol. The molecular weight excluding hydrogens is 354 g/mol. The molecule has 5 nitrogen and oxygen atoms in total. The topological polar surface area (TPSA) is 45.1 Å². The Hall–Kier alpha value is -1.54. The van der Waals surface area contributed by atoms with E-state index in [1.165, 1.54) is 4.88 Å². The molecule has 0 saturated carbocycles. The van der Waals surface area contributed by atoms with Gasteiger partial charge in [-0.1, -0.05) is 12.1 Å². The van der Waals surface area contributed by atoms with Gasteiger partial charge in [-0.3, -0.25) is 9.69 Å². The van der Waals surface area contributed by atoms with Crippen molar-refractivity contribution in [3.63, 3.8) is 0 Å². The Kier molecular flexibility index (Phi) is 4.98. The molecule has 2 unspecified atom stereocenters. The third kappa shape index (κ3) is 3.69. The molecule has 1 saturated heterocycles. The molecule has 0 radical (unpaired) electrons. The van der Waals surface area contributed by atoms with Gasteiger partial charge in [0.15, 0.2) is 0 Å². The first kappa shape index (κ1) is 16.9. The monoisotopic (exact) mass is 375 g/mol. The number of ether oxygens (including phenoxy) is 1. The lowest BCUT2D eigenvalue weighted by atomic mass is 10.1. The predicted octanol–water partition coefficient (Wildman–Crippen LogP) is 3.21. The van der Waals surface area contributed by atoms with E-state index in [-0.39, 0.29) is 18.1 Å². The van der Waals surface area contributed by atoms with Gasteiger partial charge in [0.2, 0.25) is 0 Å². The molecule has 0 spiro atoms. The average Bonchev–Trinajstić information content (AvgIpc) is 3.34. The van der Waals surface area contributed by atoms with Crippen molar-refractivity contribution in [2.24, 2.45) is 5.10 Å². The van der Waals surface area contributed by atoms with Crippen LogP contribution in [0.15, 0.2) is 40.1 Å². The summed E-state index contributed by atoms with van der Waals surface area (Å²) in [6.45, 7) is 4.73. The van der Waals surface area contributed by atoms with E-state index in [1.54, 1.807) is 27.7 Å². The van der Waals surface area contributed by atoms with Gasteiger partial charge in [-0.05, 0) is 29.8 Å². The molecule has 2 aromatic heterocycles. The van der Waals surface area contributed by atoms with Gasteiger partial charge in [0.05, 0.1) is 35.9 Å². The summed E-state index contributed by atoms with van der Waals surface area (Å²) in [4.78, 5) is 17.5. The first-order chi connectivity index (χ1) is 12.2. The minimum absolute atomic E-state index is 0.0167. The van der Waals surface area contributed by atoms with Crippen molar-refractivity contribution in [3.05, 3.63) is 44.8 Å². The second-order valence-corrected chi connectivity index (χ2v) is 8.34. The molecular formula is C18H21N3O2S2. The quantitative estimate of drug-likeness (QED) is 0.824. The van der Waals surface area contributed by atoms with Gasteiger partial charge in [0.1, 0.15) is 0 Å². The fraction of sp³-hybridized carbons (Fsp3) is 0.444. The van der Waals surface area contributed by atoms with Crippen molar-refractivity contribution in [1.29, 1.82) is 0 Å². The highest BCUT2D eigenvalue weighted by atomic mass is 32.1. The molecule has 132 valence electrons. The Morgan fingerprint density at radius 3 is 2.88 bits per heavy atom. The maximum atomic E-state index is 13.0. The van der Waals surface area contributed by atoms with Crippen LogP contribution in [0.5, 0.6) is 0 Å². The van der Waals surface area contributed by atoms with E-state index in [4.69, 9.17) is 9.84 Å². The number of carbonyl (C=O) groups excluding carboxylic acids is 1. The molecule has 0 N–H and O–H groups in total. The van der Waals surface area contributed by atoms with E-state index in [1.807, 2.05) is 19.1 Å². The number of amides is 1. The molecule has 7 heteroatoms. The Labute approximate surface area is 155 Å². The van der Waals surface area contributed by atoms with Crippen LogP contribution in [-0.2, 0) is 9.53 Å². The van der Waals surface area contributed by atoms with E-state index in [9.17, 15) is 4.79 Å². The van der Waals surface area contributed by atoms with Crippen molar-refractivity contribution in [2.75, 3.05) is 26.2 Å². The summed E-state index contributed by atoms with van der Waals surface area (Å²) in [5, 5.41) is 10.5.